The van der Waals surface area contributed by atoms with Gasteiger partial charge in [0.1, 0.15) is 18.8 Å². The second kappa shape index (κ2) is 45.7. The minimum absolute atomic E-state index is 0.0445. The number of ether oxygens (including phenoxy) is 2. The Bertz CT molecular complexity index is 964. The van der Waals surface area contributed by atoms with Gasteiger partial charge in [-0.05, 0) is 19.3 Å². The van der Waals surface area contributed by atoms with Gasteiger partial charge in [-0.3, -0.25) is 14.4 Å². The van der Waals surface area contributed by atoms with E-state index >= 15 is 0 Å². The van der Waals surface area contributed by atoms with Gasteiger partial charge in [0.25, 0.3) is 0 Å². The molecule has 0 saturated heterocycles. The second-order valence-electron chi connectivity index (χ2n) is 17.4. The van der Waals surface area contributed by atoms with Crippen molar-refractivity contribution in [3.05, 3.63) is 0 Å². The van der Waals surface area contributed by atoms with E-state index in [-0.39, 0.29) is 36.0 Å². The number of carboxylic acids is 1. The lowest BCUT2D eigenvalue weighted by molar-refractivity contribution is -0.157. The zero-order chi connectivity index (χ0) is 43.3. The van der Waals surface area contributed by atoms with Crippen LogP contribution >= 0.6 is 11.8 Å². The summed E-state index contributed by atoms with van der Waals surface area (Å²) in [4.78, 5) is 50.1. The highest BCUT2D eigenvalue weighted by atomic mass is 32.2. The molecule has 0 aliphatic heterocycles. The molecule has 1 amide bonds. The van der Waals surface area contributed by atoms with Crippen molar-refractivity contribution >= 4 is 35.6 Å². The van der Waals surface area contributed by atoms with E-state index in [1.54, 1.807) is 0 Å². The highest BCUT2D eigenvalue weighted by Crippen LogP contribution is 2.17. The van der Waals surface area contributed by atoms with E-state index in [0.29, 0.717) is 19.3 Å². The van der Waals surface area contributed by atoms with Gasteiger partial charge in [0, 0.05) is 30.8 Å². The Morgan fingerprint density at radius 2 is 0.763 bits per heavy atom. The third kappa shape index (κ3) is 42.7. The normalized spacial score (nSPS) is 12.3. The van der Waals surface area contributed by atoms with Gasteiger partial charge in [-0.25, -0.2) is 4.79 Å². The Morgan fingerprint density at radius 3 is 1.12 bits per heavy atom. The van der Waals surface area contributed by atoms with Crippen molar-refractivity contribution < 1.29 is 33.8 Å². The van der Waals surface area contributed by atoms with Crippen molar-refractivity contribution in [3.63, 3.8) is 0 Å². The molecule has 0 unspecified atom stereocenters. The zero-order valence-electron chi connectivity index (χ0n) is 39.0. The quantitative estimate of drug-likeness (QED) is 0.0459. The maximum absolute atomic E-state index is 12.8. The van der Waals surface area contributed by atoms with Gasteiger partial charge in [-0.15, -0.1) is 0 Å². The van der Waals surface area contributed by atoms with Crippen LogP contribution in [0.15, 0.2) is 0 Å². The van der Waals surface area contributed by atoms with Crippen LogP contribution in [-0.2, 0) is 28.7 Å². The molecule has 0 spiro atoms. The van der Waals surface area contributed by atoms with Crippen molar-refractivity contribution in [2.75, 3.05) is 18.1 Å². The van der Waals surface area contributed by atoms with Crippen molar-refractivity contribution in [2.24, 2.45) is 0 Å². The van der Waals surface area contributed by atoms with Crippen LogP contribution in [0, 0.1) is 0 Å². The number of unbranched alkanes of at least 4 members (excludes halogenated alkanes) is 32. The first-order valence-electron chi connectivity index (χ1n) is 25.3. The Balaban J connectivity index is 4.58. The topological polar surface area (TPSA) is 119 Å². The lowest BCUT2D eigenvalue weighted by atomic mass is 10.0. The van der Waals surface area contributed by atoms with Gasteiger partial charge in [-0.2, -0.15) is 11.8 Å². The number of carbonyl (C=O) groups excluding carboxylic acids is 3. The average Bonchev–Trinajstić information content (AvgIpc) is 3.22. The minimum atomic E-state index is -1.08. The average molecular weight is 854 g/mol. The molecule has 0 aromatic rings. The molecule has 0 fully saturated rings. The van der Waals surface area contributed by atoms with Crippen LogP contribution in [0.1, 0.15) is 265 Å². The number of thioether (sulfide) groups is 1. The summed E-state index contributed by atoms with van der Waals surface area (Å²) >= 11 is 1.30. The molecule has 0 radical (unpaired) electrons. The van der Waals surface area contributed by atoms with Gasteiger partial charge in [0.15, 0.2) is 0 Å². The third-order valence-electron chi connectivity index (χ3n) is 11.4. The molecule has 0 bridgehead atoms. The predicted octanol–water partition coefficient (Wildman–Crippen LogP) is 14.6. The van der Waals surface area contributed by atoms with Crippen LogP contribution in [0.4, 0.5) is 0 Å². The fourth-order valence-electron chi connectivity index (χ4n) is 7.55. The molecular formula is C50H95NO7S. The zero-order valence-corrected chi connectivity index (χ0v) is 39.8. The van der Waals surface area contributed by atoms with E-state index in [0.717, 1.165) is 57.8 Å². The molecule has 0 aliphatic rings. The van der Waals surface area contributed by atoms with Gasteiger partial charge >= 0.3 is 17.9 Å². The van der Waals surface area contributed by atoms with Crippen molar-refractivity contribution in [1.29, 1.82) is 0 Å². The maximum Gasteiger partial charge on any atom is 0.327 e. The summed E-state index contributed by atoms with van der Waals surface area (Å²) in [5.74, 6) is -1.51. The summed E-state index contributed by atoms with van der Waals surface area (Å²) in [6.45, 7) is 6.69. The fourth-order valence-corrected chi connectivity index (χ4v) is 8.57. The number of esters is 2. The Hall–Kier alpha value is -1.77. The van der Waals surface area contributed by atoms with E-state index in [2.05, 4.69) is 26.1 Å². The molecule has 2 atom stereocenters. The molecule has 0 aromatic heterocycles. The Morgan fingerprint density at radius 1 is 0.441 bits per heavy atom. The molecule has 59 heavy (non-hydrogen) atoms. The lowest BCUT2D eigenvalue weighted by Gasteiger charge is -2.19. The number of hydrogen-bond acceptors (Lipinski definition) is 7. The summed E-state index contributed by atoms with van der Waals surface area (Å²) in [7, 11) is 0. The van der Waals surface area contributed by atoms with Crippen molar-refractivity contribution in [1.82, 2.24) is 5.32 Å². The van der Waals surface area contributed by atoms with E-state index in [4.69, 9.17) is 9.47 Å². The van der Waals surface area contributed by atoms with Gasteiger partial charge in [0.2, 0.25) is 5.91 Å². The molecule has 0 aromatic carbocycles. The van der Waals surface area contributed by atoms with Gasteiger partial charge in [0.05, 0.1) is 0 Å². The summed E-state index contributed by atoms with van der Waals surface area (Å²) < 4.78 is 11.4. The first-order chi connectivity index (χ1) is 28.8. The van der Waals surface area contributed by atoms with Crippen LogP contribution < -0.4 is 5.32 Å². The monoisotopic (exact) mass is 854 g/mol. The number of hydrogen-bond donors (Lipinski definition) is 2. The largest absolute Gasteiger partial charge is 0.480 e. The Kier molecular flexibility index (Phi) is 44.4. The fraction of sp³-hybridized carbons (Fsp3) is 0.920. The minimum Gasteiger partial charge on any atom is -0.480 e. The molecular weight excluding hydrogens is 759 g/mol. The van der Waals surface area contributed by atoms with Crippen LogP contribution in [0.25, 0.3) is 0 Å². The first kappa shape index (κ1) is 57.2. The molecule has 0 rings (SSSR count). The molecule has 2 N–H and O–H groups in total. The molecule has 9 heteroatoms. The summed E-state index contributed by atoms with van der Waals surface area (Å²) in [6, 6.07) is -1.04. The molecule has 0 aliphatic carbocycles. The summed E-state index contributed by atoms with van der Waals surface area (Å²) in [5.41, 5.74) is 0. The number of carboxylic acid groups (broad SMARTS) is 1. The smallest absolute Gasteiger partial charge is 0.327 e. The van der Waals surface area contributed by atoms with E-state index in [1.807, 2.05) is 0 Å². The van der Waals surface area contributed by atoms with E-state index in [9.17, 15) is 24.3 Å². The van der Waals surface area contributed by atoms with Crippen molar-refractivity contribution in [3.8, 4) is 0 Å². The van der Waals surface area contributed by atoms with Crippen LogP contribution in [-0.4, -0.2) is 59.2 Å². The van der Waals surface area contributed by atoms with Crippen LogP contribution in [0.2, 0.25) is 0 Å². The molecule has 0 saturated carbocycles. The number of rotatable bonds is 47. The van der Waals surface area contributed by atoms with Crippen molar-refractivity contribution in [2.45, 2.75) is 277 Å². The van der Waals surface area contributed by atoms with E-state index in [1.165, 1.54) is 179 Å². The Labute approximate surface area is 368 Å². The van der Waals surface area contributed by atoms with Gasteiger partial charge < -0.3 is 19.9 Å². The molecule has 8 nitrogen and oxygen atoms in total. The number of aliphatic carboxylic acids is 1. The summed E-state index contributed by atoms with van der Waals surface area (Å²) in [5, 5.41) is 12.5. The molecule has 348 valence electrons. The first-order valence-corrected chi connectivity index (χ1v) is 26.4. The van der Waals surface area contributed by atoms with E-state index < -0.39 is 18.1 Å². The number of nitrogens with one attached hydrogen (secondary N) is 1. The van der Waals surface area contributed by atoms with Gasteiger partial charge in [-0.1, -0.05) is 226 Å². The maximum atomic E-state index is 12.8. The summed E-state index contributed by atoms with van der Waals surface area (Å²) in [6.07, 6.45) is 42.7. The standard InChI is InChI=1S/C50H95NO7S/c1-4-7-10-13-16-19-22-24-26-29-31-34-37-40-48(53)57-42-45(58-49(54)41-38-35-32-28-21-18-15-12-9-6-3)43-59-44-46(50(55)56)51-47(52)39-36-33-30-27-25-23-20-17-14-11-8-5-2/h45-46H,4-44H2,1-3H3,(H,51,52)(H,55,56)/t45-,46+/m0/s1. The predicted molar refractivity (Wildman–Crippen MR) is 250 cm³/mol. The van der Waals surface area contributed by atoms with Crippen LogP contribution in [0.3, 0.4) is 0 Å². The second-order valence-corrected chi connectivity index (χ2v) is 18.4. The number of carbonyl (C=O) groups is 4. The highest BCUT2D eigenvalue weighted by molar-refractivity contribution is 7.99. The van der Waals surface area contributed by atoms with Crippen LogP contribution in [0.5, 0.6) is 0 Å². The highest BCUT2D eigenvalue weighted by Gasteiger charge is 2.23. The third-order valence-corrected chi connectivity index (χ3v) is 12.6. The molecule has 0 heterocycles. The SMILES string of the molecule is CCCCCCCCCCCCCCCC(=O)OC[C@@H](CSC[C@@H](NC(=O)CCCCCCCCCCCCCC)C(=O)O)OC(=O)CCCCCCCCCCCC. The number of amides is 1. The lowest BCUT2D eigenvalue weighted by Crippen LogP contribution is -2.42.